The number of carbonyl (C=O) groups excluding carboxylic acids is 1. The predicted octanol–water partition coefficient (Wildman–Crippen LogP) is 3.03. The van der Waals surface area contributed by atoms with E-state index in [-0.39, 0.29) is 18.5 Å². The monoisotopic (exact) mass is 488 g/mol. The molecule has 0 saturated carbocycles. The molecule has 1 aliphatic heterocycles. The van der Waals surface area contributed by atoms with E-state index < -0.39 is 21.5 Å². The van der Waals surface area contributed by atoms with Crippen molar-refractivity contribution in [1.29, 1.82) is 0 Å². The van der Waals surface area contributed by atoms with Gasteiger partial charge in [-0.05, 0) is 68.9 Å². The van der Waals surface area contributed by atoms with Crippen LogP contribution >= 0.6 is 0 Å². The molecule has 9 heteroatoms. The summed E-state index contributed by atoms with van der Waals surface area (Å²) >= 11 is 0. The van der Waals surface area contributed by atoms with Gasteiger partial charge in [0, 0.05) is 26.1 Å². The maximum Gasteiger partial charge on any atom is 0.326 e. The highest BCUT2D eigenvalue weighted by molar-refractivity contribution is 7.92. The zero-order valence-corrected chi connectivity index (χ0v) is 21.6. The van der Waals surface area contributed by atoms with Gasteiger partial charge < -0.3 is 15.4 Å². The Kier molecular flexibility index (Phi) is 7.88. The highest BCUT2D eigenvalue weighted by Gasteiger charge is 2.31. The molecule has 0 fully saturated rings. The number of aryl methyl sites for hydroxylation is 1. The van der Waals surface area contributed by atoms with E-state index in [0.717, 1.165) is 41.9 Å². The maximum absolute atomic E-state index is 12.9. The van der Waals surface area contributed by atoms with Gasteiger partial charge in [-0.1, -0.05) is 24.3 Å². The predicted molar refractivity (Wildman–Crippen MR) is 135 cm³/mol. The largest absolute Gasteiger partial charge is 0.459 e. The second-order valence-electron chi connectivity index (χ2n) is 9.66. The van der Waals surface area contributed by atoms with E-state index in [4.69, 9.17) is 10.5 Å². The van der Waals surface area contributed by atoms with E-state index in [1.807, 2.05) is 18.2 Å². The third-order valence-electron chi connectivity index (χ3n) is 6.11. The number of nitrogens with zero attached hydrogens (tertiary/aromatic N) is 3. The molecule has 2 heterocycles. The summed E-state index contributed by atoms with van der Waals surface area (Å²) in [6.45, 7) is 6.58. The topological polar surface area (TPSA) is 106 Å². The van der Waals surface area contributed by atoms with E-state index in [1.165, 1.54) is 12.6 Å². The smallest absolute Gasteiger partial charge is 0.326 e. The first-order chi connectivity index (χ1) is 15.9. The fourth-order valence-electron chi connectivity index (χ4n) is 4.07. The van der Waals surface area contributed by atoms with E-state index in [2.05, 4.69) is 35.9 Å². The molecule has 1 aliphatic rings. The fourth-order valence-corrected chi connectivity index (χ4v) is 4.50. The van der Waals surface area contributed by atoms with Crippen molar-refractivity contribution in [3.05, 3.63) is 53.1 Å². The van der Waals surface area contributed by atoms with Gasteiger partial charge in [-0.25, -0.2) is 13.4 Å². The lowest BCUT2D eigenvalue weighted by molar-refractivity contribution is -0.150. The molecule has 186 valence electrons. The number of hydrogen-bond donors (Lipinski definition) is 1. The normalized spacial score (nSPS) is 20.2. The molecule has 0 amide bonds. The zero-order chi connectivity index (χ0) is 25.1. The van der Waals surface area contributed by atoms with Gasteiger partial charge in [0.1, 0.15) is 23.8 Å². The Morgan fingerprint density at radius 2 is 1.85 bits per heavy atom. The van der Waals surface area contributed by atoms with Crippen LogP contribution in [-0.2, 0) is 39.0 Å². The molecule has 2 aromatic rings. The van der Waals surface area contributed by atoms with Crippen LogP contribution in [0.15, 0.2) is 36.4 Å². The van der Waals surface area contributed by atoms with E-state index in [9.17, 15) is 13.2 Å². The molecule has 1 atom stereocenters. The van der Waals surface area contributed by atoms with E-state index in [0.29, 0.717) is 17.8 Å². The van der Waals surface area contributed by atoms with Gasteiger partial charge in [0.15, 0.2) is 0 Å². The summed E-state index contributed by atoms with van der Waals surface area (Å²) in [7, 11) is -2.05. The molecule has 1 aromatic heterocycles. The van der Waals surface area contributed by atoms with Crippen molar-refractivity contribution in [3.8, 4) is 0 Å². The SMILES string of the molecule is CC(C)N1CCCCc2cccc(c2)CC(C)(N)C(=O)OCc2cc1nc(N(C)S(C)(=O)=O)c2. The summed E-state index contributed by atoms with van der Waals surface area (Å²) in [6, 6.07) is 11.8. The lowest BCUT2D eigenvalue weighted by atomic mass is 9.92. The van der Waals surface area contributed by atoms with E-state index >= 15 is 0 Å². The minimum absolute atomic E-state index is 0.0300. The van der Waals surface area contributed by atoms with Crippen LogP contribution in [0.3, 0.4) is 0 Å². The third kappa shape index (κ3) is 6.48. The molecular weight excluding hydrogens is 452 g/mol. The number of aromatic nitrogens is 1. The van der Waals surface area contributed by atoms with Gasteiger partial charge in [-0.2, -0.15) is 0 Å². The Balaban J connectivity index is 2.02. The number of nitrogens with two attached hydrogens (primary N) is 1. The molecular formula is C25H36N4O4S. The second-order valence-corrected chi connectivity index (χ2v) is 11.7. The summed E-state index contributed by atoms with van der Waals surface area (Å²) in [5, 5.41) is 0. The first-order valence-electron chi connectivity index (χ1n) is 11.6. The quantitative estimate of drug-likeness (QED) is 0.662. The number of fused-ring (bicyclic) bond motifs is 4. The van der Waals surface area contributed by atoms with Gasteiger partial charge in [-0.15, -0.1) is 0 Å². The summed E-state index contributed by atoms with van der Waals surface area (Å²) in [6.07, 6.45) is 4.36. The Morgan fingerprint density at radius 1 is 1.15 bits per heavy atom. The van der Waals surface area contributed by atoms with Crippen LogP contribution in [0.25, 0.3) is 0 Å². The number of carbonyl (C=O) groups is 1. The highest BCUT2D eigenvalue weighted by atomic mass is 32.2. The molecule has 2 N–H and O–H groups in total. The Hall–Kier alpha value is -2.65. The number of ether oxygens (including phenoxy) is 1. The van der Waals surface area contributed by atoms with Crippen LogP contribution < -0.4 is 14.9 Å². The van der Waals surface area contributed by atoms with Crippen molar-refractivity contribution >= 4 is 27.6 Å². The van der Waals surface area contributed by atoms with Crippen molar-refractivity contribution < 1.29 is 17.9 Å². The summed E-state index contributed by atoms with van der Waals surface area (Å²) < 4.78 is 31.1. The number of benzene rings is 1. The number of sulfonamides is 1. The molecule has 0 aliphatic carbocycles. The van der Waals surface area contributed by atoms with Gasteiger partial charge in [0.05, 0.1) is 6.26 Å². The third-order valence-corrected chi connectivity index (χ3v) is 7.29. The fraction of sp³-hybridized carbons (Fsp3) is 0.520. The molecule has 3 rings (SSSR count). The molecule has 34 heavy (non-hydrogen) atoms. The number of rotatable bonds is 3. The number of anilines is 2. The number of pyridine rings is 1. The summed E-state index contributed by atoms with van der Waals surface area (Å²) in [5.74, 6) is 0.420. The van der Waals surface area contributed by atoms with Crippen molar-refractivity contribution in [3.63, 3.8) is 0 Å². The van der Waals surface area contributed by atoms with Crippen LogP contribution in [0.1, 0.15) is 50.3 Å². The average Bonchev–Trinajstić information content (AvgIpc) is 2.75. The summed E-state index contributed by atoms with van der Waals surface area (Å²) in [5.41, 5.74) is 8.03. The first kappa shape index (κ1) is 26.0. The standard InChI is InChI=1S/C25H36N4O4S/c1-18(2)29-12-7-6-9-19-10-8-11-20(13-19)16-25(3,26)24(30)33-17-21-14-22(27-23(29)15-21)28(4)34(5,31)32/h8,10-11,13-15,18H,6-7,9,12,16-17,26H2,1-5H3. The maximum atomic E-state index is 12.9. The van der Waals surface area contributed by atoms with Crippen molar-refractivity contribution in [1.82, 2.24) is 4.98 Å². The molecule has 8 nitrogen and oxygen atoms in total. The van der Waals surface area contributed by atoms with Crippen LogP contribution in [0.5, 0.6) is 0 Å². The minimum Gasteiger partial charge on any atom is -0.459 e. The lowest BCUT2D eigenvalue weighted by Crippen LogP contribution is -2.48. The van der Waals surface area contributed by atoms with Crippen LogP contribution in [-0.4, -0.2) is 50.8 Å². The Labute approximate surface area is 203 Å². The molecule has 0 radical (unpaired) electrons. The summed E-state index contributed by atoms with van der Waals surface area (Å²) in [4.78, 5) is 19.7. The van der Waals surface area contributed by atoms with Gasteiger partial charge in [0.2, 0.25) is 10.0 Å². The van der Waals surface area contributed by atoms with Crippen LogP contribution in [0.4, 0.5) is 11.6 Å². The van der Waals surface area contributed by atoms with E-state index in [1.54, 1.807) is 13.0 Å². The number of cyclic esters (lactones) is 1. The average molecular weight is 489 g/mol. The van der Waals surface area contributed by atoms with Crippen molar-refractivity contribution in [2.75, 3.05) is 29.1 Å². The van der Waals surface area contributed by atoms with Crippen molar-refractivity contribution in [2.45, 2.75) is 64.6 Å². The first-order valence-corrected chi connectivity index (χ1v) is 13.5. The van der Waals surface area contributed by atoms with Crippen LogP contribution in [0, 0.1) is 0 Å². The number of esters is 1. The molecule has 0 saturated heterocycles. The van der Waals surface area contributed by atoms with Crippen molar-refractivity contribution in [2.24, 2.45) is 5.73 Å². The second kappa shape index (κ2) is 10.3. The lowest BCUT2D eigenvalue weighted by Gasteiger charge is -2.30. The van der Waals surface area contributed by atoms with Gasteiger partial charge >= 0.3 is 5.97 Å². The Bertz CT molecular complexity index is 1130. The molecule has 1 unspecified atom stereocenters. The van der Waals surface area contributed by atoms with Crippen LogP contribution in [0.2, 0.25) is 0 Å². The number of hydrogen-bond acceptors (Lipinski definition) is 7. The molecule has 4 bridgehead atoms. The molecule has 0 spiro atoms. The van der Waals surface area contributed by atoms with Gasteiger partial charge in [0.25, 0.3) is 0 Å². The highest BCUT2D eigenvalue weighted by Crippen LogP contribution is 2.25. The molecule has 1 aromatic carbocycles. The van der Waals surface area contributed by atoms with Gasteiger partial charge in [-0.3, -0.25) is 9.10 Å². The zero-order valence-electron chi connectivity index (χ0n) is 20.7. The Morgan fingerprint density at radius 3 is 2.53 bits per heavy atom. The minimum atomic E-state index is -3.51.